The molecular weight excluding hydrogens is 221 g/mol. The van der Waals surface area contributed by atoms with Gasteiger partial charge in [-0.1, -0.05) is 0 Å². The maximum atomic E-state index is 0. The summed E-state index contributed by atoms with van der Waals surface area (Å²) in [6.07, 6.45) is 0. The molecule has 0 aromatic carbocycles. The average molecular weight is 221 g/mol. The van der Waals surface area contributed by atoms with Gasteiger partial charge in [0.25, 0.3) is 0 Å². The average Bonchev–Trinajstić information content (AvgIpc) is 0. The molecular formula is BrILi2. The molecule has 0 spiro atoms. The van der Waals surface area contributed by atoms with E-state index in [1.807, 2.05) is 0 Å². The summed E-state index contributed by atoms with van der Waals surface area (Å²) in [6.45, 7) is 0. The van der Waals surface area contributed by atoms with Crippen molar-refractivity contribution in [3.8, 4) is 0 Å². The number of halogens is 2. The van der Waals surface area contributed by atoms with Crippen LogP contribution >= 0.6 is 0 Å². The van der Waals surface area contributed by atoms with Crippen molar-refractivity contribution in [2.45, 2.75) is 0 Å². The molecule has 0 fully saturated rings. The van der Waals surface area contributed by atoms with E-state index < -0.39 is 0 Å². The van der Waals surface area contributed by atoms with Gasteiger partial charge in [0.15, 0.2) is 0 Å². The van der Waals surface area contributed by atoms with Crippen molar-refractivity contribution in [3.05, 3.63) is 0 Å². The van der Waals surface area contributed by atoms with E-state index in [0.29, 0.717) is 0 Å². The number of rotatable bonds is 0. The van der Waals surface area contributed by atoms with Crippen LogP contribution in [0, 0.1) is 0 Å². The Morgan fingerprint density at radius 2 is 0.750 bits per heavy atom. The molecule has 0 aromatic rings. The van der Waals surface area contributed by atoms with Crippen molar-refractivity contribution in [1.82, 2.24) is 0 Å². The van der Waals surface area contributed by atoms with E-state index in [1.54, 1.807) is 0 Å². The minimum Gasteiger partial charge on any atom is -1.00 e. The summed E-state index contributed by atoms with van der Waals surface area (Å²) in [6, 6.07) is 0. The molecule has 4 heteroatoms. The van der Waals surface area contributed by atoms with Crippen LogP contribution in [0.1, 0.15) is 0 Å². The van der Waals surface area contributed by atoms with Crippen LogP contribution in [0.5, 0.6) is 0 Å². The molecule has 0 rings (SSSR count). The fourth-order valence-corrected chi connectivity index (χ4v) is 0. The molecule has 0 saturated carbocycles. The molecule has 4 heavy (non-hydrogen) atoms. The smallest absolute Gasteiger partial charge is 1.00 e. The molecule has 0 N–H and O–H groups in total. The summed E-state index contributed by atoms with van der Waals surface area (Å²) in [5.74, 6) is 0. The predicted octanol–water partition coefficient (Wildman–Crippen LogP) is -12.0. The Morgan fingerprint density at radius 3 is 0.750 bits per heavy atom. The second kappa shape index (κ2) is 18.1. The van der Waals surface area contributed by atoms with Crippen LogP contribution in [-0.2, 0) is 0 Å². The molecule has 0 nitrogen and oxygen atoms in total. The van der Waals surface area contributed by atoms with Gasteiger partial charge in [-0.05, 0) is 0 Å². The first-order valence-electron chi connectivity index (χ1n) is 0. The molecule has 0 bridgehead atoms. The summed E-state index contributed by atoms with van der Waals surface area (Å²) < 4.78 is 0. The Labute approximate surface area is 77.6 Å². The normalized spacial score (nSPS) is 0. The zero-order valence-corrected chi connectivity index (χ0v) is 6.50. The van der Waals surface area contributed by atoms with Crippen LogP contribution in [-0.4, -0.2) is 0 Å². The van der Waals surface area contributed by atoms with Crippen molar-refractivity contribution in [2.24, 2.45) is 0 Å². The first kappa shape index (κ1) is 32.4. The van der Waals surface area contributed by atoms with E-state index in [4.69, 9.17) is 0 Å². The minimum absolute atomic E-state index is 0. The Morgan fingerprint density at radius 1 is 0.750 bits per heavy atom. The zero-order chi connectivity index (χ0) is 0. The van der Waals surface area contributed by atoms with Gasteiger partial charge >= 0.3 is 37.7 Å². The number of hydrogen-bond donors (Lipinski definition) is 0. The van der Waals surface area contributed by atoms with Gasteiger partial charge in [0, 0.05) is 0 Å². The summed E-state index contributed by atoms with van der Waals surface area (Å²) in [7, 11) is 0. The topological polar surface area (TPSA) is 0 Å². The second-order valence-electron chi connectivity index (χ2n) is 0. The van der Waals surface area contributed by atoms with Gasteiger partial charge in [-0.15, -0.1) is 0 Å². The molecule has 0 amide bonds. The quantitative estimate of drug-likeness (QED) is 0.281. The summed E-state index contributed by atoms with van der Waals surface area (Å²) in [4.78, 5) is 0. The van der Waals surface area contributed by atoms with Crippen LogP contribution in [0.4, 0.5) is 0 Å². The summed E-state index contributed by atoms with van der Waals surface area (Å²) in [5, 5.41) is 0. The fraction of sp³-hybridized carbons (Fsp3) is 0. The van der Waals surface area contributed by atoms with Gasteiger partial charge in [0.2, 0.25) is 0 Å². The fourth-order valence-electron chi connectivity index (χ4n) is 0. The van der Waals surface area contributed by atoms with E-state index in [9.17, 15) is 0 Å². The first-order chi connectivity index (χ1) is 0. The maximum absolute atomic E-state index is 0. The van der Waals surface area contributed by atoms with Gasteiger partial charge in [0.05, 0.1) is 0 Å². The largest absolute Gasteiger partial charge is 1.00 e. The maximum Gasteiger partial charge on any atom is 1.00 e. The molecule has 0 aliphatic carbocycles. The molecule has 16 valence electrons. The van der Waals surface area contributed by atoms with E-state index in [2.05, 4.69) is 0 Å². The Hall–Kier alpha value is 2.40. The third-order valence-corrected chi connectivity index (χ3v) is 0. The first-order valence-corrected chi connectivity index (χ1v) is 0. The van der Waals surface area contributed by atoms with E-state index in [1.165, 1.54) is 0 Å². The van der Waals surface area contributed by atoms with Gasteiger partial charge in [-0.3, -0.25) is 0 Å². The van der Waals surface area contributed by atoms with E-state index >= 15 is 0 Å². The Balaban J connectivity index is 0. The minimum atomic E-state index is 0. The van der Waals surface area contributed by atoms with Gasteiger partial charge in [-0.2, -0.15) is 0 Å². The SMILES string of the molecule is [Br-].[I-].[Li+].[Li+]. The number of hydrogen-bond acceptors (Lipinski definition) is 0. The van der Waals surface area contributed by atoms with Crippen molar-refractivity contribution in [3.63, 3.8) is 0 Å². The summed E-state index contributed by atoms with van der Waals surface area (Å²) >= 11 is 0. The molecule has 0 aliphatic heterocycles. The standard InChI is InChI=1S/BrH.HI.2Li/h2*1H;;/q;;2*+1/p-2. The Kier molecular flexibility index (Phi) is 147. The molecule has 0 heterocycles. The van der Waals surface area contributed by atoms with Crippen LogP contribution in [0.15, 0.2) is 0 Å². The van der Waals surface area contributed by atoms with Crippen molar-refractivity contribution in [2.75, 3.05) is 0 Å². The van der Waals surface area contributed by atoms with Crippen molar-refractivity contribution in [1.29, 1.82) is 0 Å². The Bertz CT molecular complexity index is 6.00. The van der Waals surface area contributed by atoms with Gasteiger partial charge in [0.1, 0.15) is 0 Å². The van der Waals surface area contributed by atoms with Crippen molar-refractivity contribution >= 4 is 0 Å². The van der Waals surface area contributed by atoms with E-state index in [0.717, 1.165) is 0 Å². The van der Waals surface area contributed by atoms with Crippen LogP contribution in [0.3, 0.4) is 0 Å². The zero-order valence-electron chi connectivity index (χ0n) is 2.76. The molecule has 0 saturated heterocycles. The molecule has 0 atom stereocenters. The summed E-state index contributed by atoms with van der Waals surface area (Å²) in [5.41, 5.74) is 0. The monoisotopic (exact) mass is 220 g/mol. The third kappa shape index (κ3) is 8.83. The van der Waals surface area contributed by atoms with Crippen molar-refractivity contribution < 1.29 is 78.7 Å². The third-order valence-electron chi connectivity index (χ3n) is 0. The molecule has 0 radical (unpaired) electrons. The van der Waals surface area contributed by atoms with E-state index in [-0.39, 0.29) is 78.7 Å². The van der Waals surface area contributed by atoms with Gasteiger partial charge < -0.3 is 41.0 Å². The van der Waals surface area contributed by atoms with Gasteiger partial charge in [-0.25, -0.2) is 0 Å². The molecule has 0 aromatic heterocycles. The van der Waals surface area contributed by atoms with Crippen LogP contribution in [0.25, 0.3) is 0 Å². The second-order valence-corrected chi connectivity index (χ2v) is 0. The van der Waals surface area contributed by atoms with Crippen LogP contribution in [0.2, 0.25) is 0 Å². The van der Waals surface area contributed by atoms with Crippen LogP contribution < -0.4 is 78.7 Å². The molecule has 0 unspecified atom stereocenters. The predicted molar refractivity (Wildman–Crippen MR) is 0 cm³/mol. The molecule has 0 aliphatic rings.